The Kier molecular flexibility index (Phi) is 8.19. The second-order valence-electron chi connectivity index (χ2n) is 9.07. The van der Waals surface area contributed by atoms with Crippen LogP contribution in [0.5, 0.6) is 5.75 Å². The van der Waals surface area contributed by atoms with Gasteiger partial charge in [0.05, 0.1) is 36.9 Å². The average Bonchev–Trinajstić information content (AvgIpc) is 2.97. The fraction of sp³-hybridized carbons (Fsp3) is 0.185. The van der Waals surface area contributed by atoms with Crippen molar-refractivity contribution in [1.82, 2.24) is 20.4 Å². The molecule has 218 valence electrons. The van der Waals surface area contributed by atoms with Crippen LogP contribution in [0.3, 0.4) is 0 Å². The Labute approximate surface area is 236 Å². The molecule has 0 bridgehead atoms. The predicted molar refractivity (Wildman–Crippen MR) is 146 cm³/mol. The van der Waals surface area contributed by atoms with Gasteiger partial charge in [0.2, 0.25) is 5.95 Å². The minimum Gasteiger partial charge on any atom is -0.508 e. The molecule has 0 aliphatic carbocycles. The molecule has 5 rings (SSSR count). The van der Waals surface area contributed by atoms with Crippen LogP contribution < -0.4 is 26.4 Å². The number of rotatable bonds is 8. The molecule has 0 saturated carbocycles. The molecule has 1 aliphatic rings. The van der Waals surface area contributed by atoms with Crippen molar-refractivity contribution in [2.24, 2.45) is 0 Å². The second kappa shape index (κ2) is 12.1. The number of hydrogen-bond donors (Lipinski definition) is 5. The number of nitrogens with one attached hydrogen (secondary N) is 4. The van der Waals surface area contributed by atoms with Crippen LogP contribution in [0.4, 0.5) is 52.1 Å². The van der Waals surface area contributed by atoms with Gasteiger partial charge >= 0.3 is 6.18 Å². The van der Waals surface area contributed by atoms with Crippen LogP contribution in [0, 0.1) is 5.82 Å². The van der Waals surface area contributed by atoms with Gasteiger partial charge in [-0.1, -0.05) is 6.07 Å². The van der Waals surface area contributed by atoms with E-state index in [9.17, 15) is 27.5 Å². The summed E-state index contributed by atoms with van der Waals surface area (Å²) >= 11 is 0. The highest BCUT2D eigenvalue weighted by molar-refractivity contribution is 5.93. The lowest BCUT2D eigenvalue weighted by Gasteiger charge is -2.28. The van der Waals surface area contributed by atoms with Crippen molar-refractivity contribution in [3.05, 3.63) is 84.1 Å². The molecule has 1 aliphatic heterocycles. The summed E-state index contributed by atoms with van der Waals surface area (Å²) in [5.74, 6) is -1.27. The van der Waals surface area contributed by atoms with E-state index in [1.54, 1.807) is 17.0 Å². The molecule has 3 heterocycles. The van der Waals surface area contributed by atoms with Crippen LogP contribution in [0.2, 0.25) is 0 Å². The van der Waals surface area contributed by atoms with E-state index < -0.39 is 23.5 Å². The fourth-order valence-corrected chi connectivity index (χ4v) is 4.05. The number of carbonyl (C=O) groups excluding carboxylic acids is 1. The molecular formula is C27H24F4N8O3. The molecule has 0 atom stereocenters. The Hall–Kier alpha value is -5.18. The quantitative estimate of drug-likeness (QED) is 0.145. The van der Waals surface area contributed by atoms with E-state index in [4.69, 9.17) is 4.74 Å². The number of benzene rings is 2. The van der Waals surface area contributed by atoms with Gasteiger partial charge in [-0.2, -0.15) is 18.2 Å². The number of morpholine rings is 1. The minimum absolute atomic E-state index is 0.0150. The van der Waals surface area contributed by atoms with Gasteiger partial charge in [0.1, 0.15) is 11.4 Å². The smallest absolute Gasteiger partial charge is 0.416 e. The summed E-state index contributed by atoms with van der Waals surface area (Å²) in [6.45, 7) is 1.79. The Morgan fingerprint density at radius 3 is 2.31 bits per heavy atom. The monoisotopic (exact) mass is 584 g/mol. The van der Waals surface area contributed by atoms with Gasteiger partial charge in [-0.05, 0) is 42.5 Å². The first-order valence-corrected chi connectivity index (χ1v) is 12.6. The van der Waals surface area contributed by atoms with E-state index in [0.29, 0.717) is 37.7 Å². The van der Waals surface area contributed by atoms with Gasteiger partial charge in [-0.25, -0.2) is 14.4 Å². The van der Waals surface area contributed by atoms with Crippen molar-refractivity contribution in [3.8, 4) is 5.75 Å². The predicted octanol–water partition coefficient (Wildman–Crippen LogP) is 4.82. The number of amides is 1. The van der Waals surface area contributed by atoms with Gasteiger partial charge in [-0.3, -0.25) is 15.6 Å². The normalized spacial score (nSPS) is 13.4. The summed E-state index contributed by atoms with van der Waals surface area (Å²) in [5.41, 5.74) is 4.95. The van der Waals surface area contributed by atoms with Crippen LogP contribution >= 0.6 is 0 Å². The van der Waals surface area contributed by atoms with E-state index in [1.807, 2.05) is 0 Å². The summed E-state index contributed by atoms with van der Waals surface area (Å²) in [7, 11) is 0. The third-order valence-corrected chi connectivity index (χ3v) is 6.00. The molecule has 15 heteroatoms. The first-order chi connectivity index (χ1) is 20.1. The maximum atomic E-state index is 14.2. The maximum Gasteiger partial charge on any atom is 0.416 e. The number of phenolic OH excluding ortho intramolecular Hbond substituents is 1. The van der Waals surface area contributed by atoms with Crippen molar-refractivity contribution >= 4 is 40.4 Å². The van der Waals surface area contributed by atoms with Crippen molar-refractivity contribution in [2.45, 2.75) is 6.18 Å². The third-order valence-electron chi connectivity index (χ3n) is 6.00. The third kappa shape index (κ3) is 7.11. The Balaban J connectivity index is 1.25. The van der Waals surface area contributed by atoms with E-state index in [2.05, 4.69) is 36.4 Å². The maximum absolute atomic E-state index is 14.2. The molecule has 2 aromatic heterocycles. The van der Waals surface area contributed by atoms with Crippen LogP contribution in [0.25, 0.3) is 0 Å². The Bertz CT molecular complexity index is 1560. The van der Waals surface area contributed by atoms with Crippen molar-refractivity contribution < 1.29 is 32.2 Å². The summed E-state index contributed by atoms with van der Waals surface area (Å²) in [5, 5.41) is 15.3. The van der Waals surface area contributed by atoms with Gasteiger partial charge in [-0.15, -0.1) is 0 Å². The van der Waals surface area contributed by atoms with Crippen LogP contribution in [0.15, 0.2) is 67.0 Å². The number of hydrazine groups is 1. The van der Waals surface area contributed by atoms with Gasteiger partial charge in [0, 0.05) is 36.2 Å². The molecular weight excluding hydrogens is 560 g/mol. The molecule has 5 N–H and O–H groups in total. The Morgan fingerprint density at radius 1 is 0.905 bits per heavy atom. The van der Waals surface area contributed by atoms with Crippen LogP contribution in [-0.2, 0) is 10.9 Å². The number of alkyl halides is 3. The summed E-state index contributed by atoms with van der Waals surface area (Å²) in [6, 6.07) is 12.1. The molecule has 2 aromatic carbocycles. The Morgan fingerprint density at radius 2 is 1.64 bits per heavy atom. The number of carbonyl (C=O) groups is 1. The van der Waals surface area contributed by atoms with Crippen LogP contribution in [-0.4, -0.2) is 52.3 Å². The molecule has 0 unspecified atom stereocenters. The van der Waals surface area contributed by atoms with Crippen molar-refractivity contribution in [2.75, 3.05) is 47.3 Å². The number of aromatic hydroxyl groups is 1. The molecule has 1 fully saturated rings. The fourth-order valence-electron chi connectivity index (χ4n) is 4.05. The number of hydrogen-bond acceptors (Lipinski definition) is 10. The zero-order valence-corrected chi connectivity index (χ0v) is 21.7. The topological polar surface area (TPSA) is 137 Å². The average molecular weight is 585 g/mol. The summed E-state index contributed by atoms with van der Waals surface area (Å²) < 4.78 is 60.2. The first-order valence-electron chi connectivity index (χ1n) is 12.6. The zero-order chi connectivity index (χ0) is 29.7. The van der Waals surface area contributed by atoms with Gasteiger partial charge in [0.25, 0.3) is 5.91 Å². The van der Waals surface area contributed by atoms with E-state index >= 15 is 0 Å². The van der Waals surface area contributed by atoms with Crippen molar-refractivity contribution in [3.63, 3.8) is 0 Å². The molecule has 1 amide bonds. The molecule has 0 radical (unpaired) electrons. The van der Waals surface area contributed by atoms with Crippen molar-refractivity contribution in [1.29, 1.82) is 0 Å². The number of ether oxygens (including phenoxy) is 1. The molecule has 42 heavy (non-hydrogen) atoms. The molecule has 4 aromatic rings. The molecule has 11 nitrogen and oxygen atoms in total. The van der Waals surface area contributed by atoms with E-state index in [1.165, 1.54) is 36.5 Å². The molecule has 1 saturated heterocycles. The lowest BCUT2D eigenvalue weighted by atomic mass is 10.1. The number of nitrogens with zero attached hydrogens (tertiary/aromatic N) is 4. The lowest BCUT2D eigenvalue weighted by Crippen LogP contribution is -2.38. The van der Waals surface area contributed by atoms with Crippen LogP contribution in [0.1, 0.15) is 16.1 Å². The minimum atomic E-state index is -4.61. The zero-order valence-electron chi connectivity index (χ0n) is 21.7. The number of phenols is 1. The number of aromatic nitrogens is 3. The lowest BCUT2D eigenvalue weighted by molar-refractivity contribution is -0.137. The van der Waals surface area contributed by atoms with Gasteiger partial charge < -0.3 is 25.4 Å². The summed E-state index contributed by atoms with van der Waals surface area (Å²) in [6.07, 6.45) is -2.34. The highest BCUT2D eigenvalue weighted by Crippen LogP contribution is 2.35. The number of halogens is 4. The van der Waals surface area contributed by atoms with E-state index in [-0.39, 0.29) is 34.6 Å². The highest BCUT2D eigenvalue weighted by Gasteiger charge is 2.31. The first kappa shape index (κ1) is 28.4. The van der Waals surface area contributed by atoms with Gasteiger partial charge in [0.15, 0.2) is 11.6 Å². The summed E-state index contributed by atoms with van der Waals surface area (Å²) in [4.78, 5) is 26.3. The number of pyridine rings is 1. The molecule has 0 spiro atoms. The van der Waals surface area contributed by atoms with E-state index in [0.717, 1.165) is 18.3 Å². The standard InChI is InChI=1S/C27H24F4N8O3/c28-22-15-33-26(36-24(22)39-6-8-42-9-7-39)38-37-25(41)23-5-4-18(14-32-23)35-20-11-16(27(29,30)31)10-19(12-20)34-17-2-1-3-21(40)13-17/h1-5,10-15,34-35,40H,6-9H2,(H,37,41)(H,33,36,38). The SMILES string of the molecule is O=C(NNc1ncc(F)c(N2CCOCC2)n1)c1ccc(Nc2cc(Nc3cccc(O)c3)cc(C(F)(F)F)c2)cn1. The second-order valence-corrected chi connectivity index (χ2v) is 9.07. The largest absolute Gasteiger partial charge is 0.508 e. The highest BCUT2D eigenvalue weighted by atomic mass is 19.4. The number of anilines is 6.